The van der Waals surface area contributed by atoms with Crippen LogP contribution < -0.4 is 9.47 Å². The number of carbonyl (C=O) groups is 1. The van der Waals surface area contributed by atoms with E-state index < -0.39 is 0 Å². The predicted molar refractivity (Wildman–Crippen MR) is 109 cm³/mol. The van der Waals surface area contributed by atoms with Crippen LogP contribution in [0, 0.1) is 0 Å². The summed E-state index contributed by atoms with van der Waals surface area (Å²) in [7, 11) is 3.62. The highest BCUT2D eigenvalue weighted by molar-refractivity contribution is 6.13. The molecule has 7 heteroatoms. The highest BCUT2D eigenvalue weighted by Crippen LogP contribution is 2.45. The second kappa shape index (κ2) is 7.89. The number of aryl methyl sites for hydroxylation is 1. The number of hydrogen-bond donors (Lipinski definition) is 0. The molecular formula is C22H27N3O4. The molecule has 0 spiro atoms. The van der Waals surface area contributed by atoms with Crippen molar-refractivity contribution in [3.63, 3.8) is 0 Å². The summed E-state index contributed by atoms with van der Waals surface area (Å²) in [6.07, 6.45) is 6.07. The van der Waals surface area contributed by atoms with Gasteiger partial charge in [-0.2, -0.15) is 0 Å². The number of fused-ring (bicyclic) bond motifs is 3. The average molecular weight is 397 g/mol. The smallest absolute Gasteiger partial charge is 0.302 e. The quantitative estimate of drug-likeness (QED) is 0.724. The second-order valence-electron chi connectivity index (χ2n) is 7.58. The van der Waals surface area contributed by atoms with Crippen LogP contribution in [0.4, 0.5) is 0 Å². The summed E-state index contributed by atoms with van der Waals surface area (Å²) in [4.78, 5) is 21.1. The van der Waals surface area contributed by atoms with Gasteiger partial charge in [-0.25, -0.2) is 4.98 Å². The van der Waals surface area contributed by atoms with E-state index in [9.17, 15) is 4.79 Å². The SMILES string of the molecule is CCOc1cc2c(cc1OC)C(c1nccn1C)=NC1CCC(OC(C)=O)CC21. The number of imidazole rings is 1. The summed E-state index contributed by atoms with van der Waals surface area (Å²) >= 11 is 0. The van der Waals surface area contributed by atoms with E-state index in [2.05, 4.69) is 11.1 Å². The van der Waals surface area contributed by atoms with Gasteiger partial charge in [-0.1, -0.05) is 0 Å². The van der Waals surface area contributed by atoms with Crippen LogP contribution in [0.1, 0.15) is 56.0 Å². The van der Waals surface area contributed by atoms with Crippen molar-refractivity contribution < 1.29 is 19.0 Å². The maximum Gasteiger partial charge on any atom is 0.302 e. The molecule has 0 N–H and O–H groups in total. The van der Waals surface area contributed by atoms with Gasteiger partial charge in [0.25, 0.3) is 0 Å². The van der Waals surface area contributed by atoms with Gasteiger partial charge in [0.05, 0.1) is 19.8 Å². The van der Waals surface area contributed by atoms with Crippen molar-refractivity contribution in [1.82, 2.24) is 9.55 Å². The van der Waals surface area contributed by atoms with Gasteiger partial charge in [-0.05, 0) is 43.9 Å². The lowest BCUT2D eigenvalue weighted by molar-refractivity contribution is -0.148. The Morgan fingerprint density at radius 3 is 2.76 bits per heavy atom. The van der Waals surface area contributed by atoms with Crippen molar-refractivity contribution >= 4 is 11.7 Å². The van der Waals surface area contributed by atoms with E-state index in [1.165, 1.54) is 6.92 Å². The summed E-state index contributed by atoms with van der Waals surface area (Å²) in [5.74, 6) is 2.17. The Hall–Kier alpha value is -2.83. The largest absolute Gasteiger partial charge is 0.493 e. The summed E-state index contributed by atoms with van der Waals surface area (Å²) in [6, 6.07) is 4.20. The molecule has 154 valence electrons. The third-order valence-electron chi connectivity index (χ3n) is 5.72. The molecule has 0 amide bonds. The highest BCUT2D eigenvalue weighted by atomic mass is 16.5. The number of hydrogen-bond acceptors (Lipinski definition) is 6. The molecule has 2 heterocycles. The van der Waals surface area contributed by atoms with Gasteiger partial charge in [-0.3, -0.25) is 9.79 Å². The van der Waals surface area contributed by atoms with Gasteiger partial charge in [0.1, 0.15) is 11.8 Å². The van der Waals surface area contributed by atoms with Crippen molar-refractivity contribution in [3.05, 3.63) is 41.5 Å². The van der Waals surface area contributed by atoms with Gasteiger partial charge >= 0.3 is 5.97 Å². The molecule has 1 aromatic carbocycles. The van der Waals surface area contributed by atoms with Gasteiger partial charge in [0.2, 0.25) is 0 Å². The lowest BCUT2D eigenvalue weighted by atomic mass is 9.74. The zero-order valence-corrected chi connectivity index (χ0v) is 17.3. The summed E-state index contributed by atoms with van der Waals surface area (Å²) in [5.41, 5.74) is 3.04. The minimum absolute atomic E-state index is 0.0795. The molecule has 1 aliphatic heterocycles. The van der Waals surface area contributed by atoms with E-state index in [1.54, 1.807) is 13.3 Å². The summed E-state index contributed by atoms with van der Waals surface area (Å²) < 4.78 is 19.0. The molecule has 1 saturated carbocycles. The fourth-order valence-corrected chi connectivity index (χ4v) is 4.47. The number of rotatable bonds is 5. The lowest BCUT2D eigenvalue weighted by Gasteiger charge is -2.38. The van der Waals surface area contributed by atoms with Crippen LogP contribution in [0.3, 0.4) is 0 Å². The molecule has 1 aromatic heterocycles. The standard InChI is InChI=1S/C22H27N3O4/c1-5-28-20-11-15-16-10-14(29-13(2)26)6-7-18(16)24-21(17(15)12-19(20)27-4)22-23-8-9-25(22)3/h8-9,11-12,14,16,18H,5-7,10H2,1-4H3. The third-order valence-corrected chi connectivity index (χ3v) is 5.72. The van der Waals surface area contributed by atoms with Crippen LogP contribution in [0.25, 0.3) is 0 Å². The predicted octanol–water partition coefficient (Wildman–Crippen LogP) is 3.25. The topological polar surface area (TPSA) is 74.9 Å². The van der Waals surface area contributed by atoms with Crippen molar-refractivity contribution in [2.24, 2.45) is 12.0 Å². The lowest BCUT2D eigenvalue weighted by Crippen LogP contribution is -2.36. The van der Waals surface area contributed by atoms with Gasteiger partial charge in [0, 0.05) is 37.8 Å². The van der Waals surface area contributed by atoms with Crippen LogP contribution in [0.15, 0.2) is 29.5 Å². The second-order valence-corrected chi connectivity index (χ2v) is 7.58. The maximum absolute atomic E-state index is 11.5. The molecule has 3 atom stereocenters. The number of methoxy groups -OCH3 is 1. The highest BCUT2D eigenvalue weighted by Gasteiger charge is 2.39. The molecule has 1 aliphatic carbocycles. The molecule has 2 aromatic rings. The van der Waals surface area contributed by atoms with Crippen LogP contribution in [-0.4, -0.2) is 47.1 Å². The van der Waals surface area contributed by atoms with E-state index in [0.29, 0.717) is 12.4 Å². The van der Waals surface area contributed by atoms with E-state index in [-0.39, 0.29) is 24.0 Å². The molecule has 3 unspecified atom stereocenters. The Kier molecular flexibility index (Phi) is 5.30. The van der Waals surface area contributed by atoms with E-state index in [4.69, 9.17) is 19.2 Å². The number of ether oxygens (including phenoxy) is 3. The first kappa shape index (κ1) is 19.5. The van der Waals surface area contributed by atoms with E-state index in [1.807, 2.05) is 30.8 Å². The summed E-state index contributed by atoms with van der Waals surface area (Å²) in [6.45, 7) is 3.98. The Morgan fingerprint density at radius 2 is 2.10 bits per heavy atom. The average Bonchev–Trinajstić information content (AvgIpc) is 3.12. The zero-order chi connectivity index (χ0) is 20.5. The normalized spacial score (nSPS) is 22.9. The van der Waals surface area contributed by atoms with Crippen LogP contribution in [-0.2, 0) is 16.6 Å². The molecule has 0 radical (unpaired) electrons. The minimum Gasteiger partial charge on any atom is -0.493 e. The first-order valence-corrected chi connectivity index (χ1v) is 10.1. The van der Waals surface area contributed by atoms with Gasteiger partial charge in [-0.15, -0.1) is 0 Å². The number of aliphatic imine (C=N–C) groups is 1. The van der Waals surface area contributed by atoms with Crippen LogP contribution in [0.5, 0.6) is 11.5 Å². The van der Waals surface area contributed by atoms with Crippen molar-refractivity contribution in [2.45, 2.75) is 51.2 Å². The minimum atomic E-state index is -0.230. The van der Waals surface area contributed by atoms with Gasteiger partial charge in [0.15, 0.2) is 17.3 Å². The fraction of sp³-hybridized carbons (Fsp3) is 0.500. The van der Waals surface area contributed by atoms with Crippen molar-refractivity contribution in [2.75, 3.05) is 13.7 Å². The molecule has 4 rings (SSSR count). The fourth-order valence-electron chi connectivity index (χ4n) is 4.47. The Morgan fingerprint density at radius 1 is 1.28 bits per heavy atom. The molecule has 0 bridgehead atoms. The van der Waals surface area contributed by atoms with E-state index in [0.717, 1.165) is 47.7 Å². The number of carbonyl (C=O) groups excluding carboxylic acids is 1. The Bertz CT molecular complexity index is 950. The molecule has 29 heavy (non-hydrogen) atoms. The van der Waals surface area contributed by atoms with Crippen molar-refractivity contribution in [3.8, 4) is 11.5 Å². The van der Waals surface area contributed by atoms with E-state index >= 15 is 0 Å². The Balaban J connectivity index is 1.83. The first-order valence-electron chi connectivity index (χ1n) is 10.1. The number of esters is 1. The van der Waals surface area contributed by atoms with Gasteiger partial charge < -0.3 is 18.8 Å². The molecule has 7 nitrogen and oxygen atoms in total. The molecule has 1 fully saturated rings. The monoisotopic (exact) mass is 397 g/mol. The molecule has 2 aliphatic rings. The first-order chi connectivity index (χ1) is 14.0. The summed E-state index contributed by atoms with van der Waals surface area (Å²) in [5, 5.41) is 0. The maximum atomic E-state index is 11.5. The van der Waals surface area contributed by atoms with Crippen LogP contribution in [0.2, 0.25) is 0 Å². The number of benzene rings is 1. The molecule has 0 saturated heterocycles. The molecular weight excluding hydrogens is 370 g/mol. The Labute approximate surface area is 170 Å². The number of aromatic nitrogens is 2. The van der Waals surface area contributed by atoms with Crippen LogP contribution >= 0.6 is 0 Å². The van der Waals surface area contributed by atoms with Crippen molar-refractivity contribution in [1.29, 1.82) is 0 Å². The zero-order valence-electron chi connectivity index (χ0n) is 17.3. The third kappa shape index (κ3) is 3.61. The number of nitrogens with zero attached hydrogens (tertiary/aromatic N) is 3.